The third-order valence-corrected chi connectivity index (χ3v) is 5.46. The first-order chi connectivity index (χ1) is 15.2. The van der Waals surface area contributed by atoms with E-state index >= 15 is 0 Å². The molecule has 0 bridgehead atoms. The van der Waals surface area contributed by atoms with Gasteiger partial charge in [-0.25, -0.2) is 0 Å². The normalized spacial score (nSPS) is 19.1. The number of rotatable bonds is 9. The molecule has 0 spiro atoms. The van der Waals surface area contributed by atoms with Gasteiger partial charge in [-0.15, -0.1) is 0 Å². The van der Waals surface area contributed by atoms with Crippen molar-refractivity contribution in [2.45, 2.75) is 70.6 Å². The second kappa shape index (κ2) is 12.3. The van der Waals surface area contributed by atoms with E-state index in [-0.39, 0.29) is 42.3 Å². The minimum Gasteiger partial charge on any atom is -0.493 e. The van der Waals surface area contributed by atoms with Crippen LogP contribution in [-0.2, 0) is 16.0 Å². The van der Waals surface area contributed by atoms with Crippen LogP contribution >= 0.6 is 0 Å². The molecule has 0 radical (unpaired) electrons. The lowest BCUT2D eigenvalue weighted by Crippen LogP contribution is -2.54. The monoisotopic (exact) mass is 448 g/mol. The maximum absolute atomic E-state index is 12.8. The van der Waals surface area contributed by atoms with Crippen molar-refractivity contribution in [3.05, 3.63) is 23.8 Å². The molecule has 1 aromatic rings. The number of methoxy groups -OCH3 is 2. The number of nitrogens with one attached hydrogen (secondary N) is 4. The Bertz CT molecular complexity index is 791. The van der Waals surface area contributed by atoms with E-state index in [0.29, 0.717) is 36.3 Å². The van der Waals surface area contributed by atoms with Gasteiger partial charge in [-0.2, -0.15) is 0 Å². The molecule has 178 valence electrons. The van der Waals surface area contributed by atoms with Gasteiger partial charge in [0.25, 0.3) is 0 Å². The summed E-state index contributed by atoms with van der Waals surface area (Å²) < 4.78 is 10.5. The second-order valence-corrected chi connectivity index (χ2v) is 8.63. The fourth-order valence-corrected chi connectivity index (χ4v) is 3.79. The van der Waals surface area contributed by atoms with Crippen LogP contribution in [0.3, 0.4) is 0 Å². The largest absolute Gasteiger partial charge is 0.493 e. The van der Waals surface area contributed by atoms with E-state index in [1.807, 2.05) is 13.8 Å². The van der Waals surface area contributed by atoms with Gasteiger partial charge in [0.1, 0.15) is 6.04 Å². The van der Waals surface area contributed by atoms with Gasteiger partial charge in [-0.1, -0.05) is 19.9 Å². The quantitative estimate of drug-likeness (QED) is 0.289. The minimum absolute atomic E-state index is 0.0242. The molecule has 0 aromatic heterocycles. The van der Waals surface area contributed by atoms with Crippen molar-refractivity contribution in [2.75, 3.05) is 14.2 Å². The first-order valence-corrected chi connectivity index (χ1v) is 11.1. The summed E-state index contributed by atoms with van der Waals surface area (Å²) in [6.45, 7) is 4.00. The van der Waals surface area contributed by atoms with E-state index in [0.717, 1.165) is 12.8 Å². The molecule has 32 heavy (non-hydrogen) atoms. The highest BCUT2D eigenvalue weighted by atomic mass is 16.5. The molecular weight excluding hydrogens is 412 g/mol. The Labute approximate surface area is 189 Å². The van der Waals surface area contributed by atoms with Crippen LogP contribution in [0, 0.1) is 11.3 Å². The van der Waals surface area contributed by atoms with Crippen molar-refractivity contribution < 1.29 is 24.2 Å². The van der Waals surface area contributed by atoms with E-state index < -0.39 is 6.04 Å². The van der Waals surface area contributed by atoms with E-state index in [2.05, 4.69) is 16.0 Å². The molecular formula is C23H36N4O5. The van der Waals surface area contributed by atoms with Crippen molar-refractivity contribution in [1.29, 1.82) is 5.41 Å². The summed E-state index contributed by atoms with van der Waals surface area (Å²) in [5.74, 6) is 0.534. The smallest absolute Gasteiger partial charge is 0.242 e. The molecule has 1 aliphatic rings. The van der Waals surface area contributed by atoms with Gasteiger partial charge >= 0.3 is 0 Å². The Balaban J connectivity index is 1.91. The van der Waals surface area contributed by atoms with Gasteiger partial charge in [0.05, 0.1) is 26.7 Å². The predicted octanol–water partition coefficient (Wildman–Crippen LogP) is 1.72. The number of amides is 2. The third-order valence-electron chi connectivity index (χ3n) is 5.46. The highest BCUT2D eigenvalue weighted by Crippen LogP contribution is 2.27. The molecule has 1 atom stereocenters. The Hall–Kier alpha value is -2.81. The predicted molar refractivity (Wildman–Crippen MR) is 122 cm³/mol. The number of hydrogen-bond acceptors (Lipinski definition) is 6. The maximum atomic E-state index is 12.8. The fourth-order valence-electron chi connectivity index (χ4n) is 3.79. The highest BCUT2D eigenvalue weighted by molar-refractivity contribution is 5.98. The summed E-state index contributed by atoms with van der Waals surface area (Å²) in [7, 11) is 3.06. The lowest BCUT2D eigenvalue weighted by atomic mass is 9.92. The Morgan fingerprint density at radius 1 is 1.12 bits per heavy atom. The lowest BCUT2D eigenvalue weighted by molar-refractivity contribution is -0.124. The van der Waals surface area contributed by atoms with E-state index in [1.165, 1.54) is 7.11 Å². The molecule has 9 nitrogen and oxygen atoms in total. The summed E-state index contributed by atoms with van der Waals surface area (Å²) >= 11 is 0. The molecule has 2 amide bonds. The van der Waals surface area contributed by atoms with Gasteiger partial charge in [-0.3, -0.25) is 20.3 Å². The minimum atomic E-state index is -0.629. The summed E-state index contributed by atoms with van der Waals surface area (Å²) in [6, 6.07) is 4.59. The van der Waals surface area contributed by atoms with E-state index in [1.54, 1.807) is 25.3 Å². The van der Waals surface area contributed by atoms with Gasteiger partial charge in [0, 0.05) is 6.04 Å². The first kappa shape index (κ1) is 25.5. The third kappa shape index (κ3) is 8.03. The molecule has 1 fully saturated rings. The second-order valence-electron chi connectivity index (χ2n) is 8.63. The number of carbonyl (C=O) groups is 2. The maximum Gasteiger partial charge on any atom is 0.242 e. The highest BCUT2D eigenvalue weighted by Gasteiger charge is 2.26. The Morgan fingerprint density at radius 2 is 1.78 bits per heavy atom. The van der Waals surface area contributed by atoms with Crippen LogP contribution in [0.4, 0.5) is 0 Å². The van der Waals surface area contributed by atoms with Crippen LogP contribution in [0.25, 0.3) is 0 Å². The van der Waals surface area contributed by atoms with Gasteiger partial charge < -0.3 is 25.2 Å². The summed E-state index contributed by atoms with van der Waals surface area (Å²) in [5, 5.41) is 26.2. The number of aliphatic hydroxyl groups is 1. The number of hydrogen-bond donors (Lipinski definition) is 5. The molecule has 0 heterocycles. The van der Waals surface area contributed by atoms with Crippen LogP contribution < -0.4 is 25.4 Å². The van der Waals surface area contributed by atoms with E-state index in [4.69, 9.17) is 14.9 Å². The summed E-state index contributed by atoms with van der Waals surface area (Å²) in [6.07, 6.45) is 3.11. The SMILES string of the molecule is COc1ccc(CC(=O)NC(=N)N[C@H](CC(C)C)C(=O)NC2CCC(O)CC2)cc1OC. The van der Waals surface area contributed by atoms with Crippen LogP contribution in [0.5, 0.6) is 11.5 Å². The summed E-state index contributed by atoms with van der Waals surface area (Å²) in [5.41, 5.74) is 0.712. The Morgan fingerprint density at radius 3 is 2.38 bits per heavy atom. The standard InChI is InChI=1S/C23H36N4O5/c1-14(2)11-18(22(30)25-16-6-8-17(28)9-7-16)26-23(24)27-21(29)13-15-5-10-19(31-3)20(12-15)32-4/h5,10,12,14,16-18,28H,6-9,11,13H2,1-4H3,(H,25,30)(H3,24,26,27,29)/t16?,17?,18-/m1/s1. The van der Waals surface area contributed by atoms with Gasteiger partial charge in [0.2, 0.25) is 11.8 Å². The van der Waals surface area contributed by atoms with Gasteiger partial charge in [0.15, 0.2) is 17.5 Å². The van der Waals surface area contributed by atoms with Gasteiger partial charge in [-0.05, 0) is 55.7 Å². The molecule has 0 saturated heterocycles. The fraction of sp³-hybridized carbons (Fsp3) is 0.609. The van der Waals surface area contributed by atoms with Crippen molar-refractivity contribution in [2.24, 2.45) is 5.92 Å². The zero-order chi connectivity index (χ0) is 23.7. The van der Waals surface area contributed by atoms with Crippen LogP contribution in [0.15, 0.2) is 18.2 Å². The molecule has 2 rings (SSSR count). The summed E-state index contributed by atoms with van der Waals surface area (Å²) in [4.78, 5) is 25.2. The topological polar surface area (TPSA) is 133 Å². The average Bonchev–Trinajstić information content (AvgIpc) is 2.74. The van der Waals surface area contributed by atoms with Crippen LogP contribution in [0.1, 0.15) is 51.5 Å². The molecule has 1 aliphatic carbocycles. The van der Waals surface area contributed by atoms with Crippen molar-refractivity contribution in [3.8, 4) is 11.5 Å². The molecule has 5 N–H and O–H groups in total. The Kier molecular flexibility index (Phi) is 9.77. The van der Waals surface area contributed by atoms with Crippen molar-refractivity contribution in [3.63, 3.8) is 0 Å². The molecule has 1 saturated carbocycles. The first-order valence-electron chi connectivity index (χ1n) is 11.1. The van der Waals surface area contributed by atoms with Crippen molar-refractivity contribution >= 4 is 17.8 Å². The van der Waals surface area contributed by atoms with Crippen LogP contribution in [0.2, 0.25) is 0 Å². The number of guanidine groups is 1. The molecule has 0 aliphatic heterocycles. The zero-order valence-corrected chi connectivity index (χ0v) is 19.4. The van der Waals surface area contributed by atoms with Crippen LogP contribution in [-0.4, -0.2) is 55.3 Å². The number of benzene rings is 1. The number of aliphatic hydroxyl groups excluding tert-OH is 1. The lowest BCUT2D eigenvalue weighted by Gasteiger charge is -2.29. The number of ether oxygens (including phenoxy) is 2. The van der Waals surface area contributed by atoms with Crippen molar-refractivity contribution in [1.82, 2.24) is 16.0 Å². The number of carbonyl (C=O) groups excluding carboxylic acids is 2. The molecule has 1 aromatic carbocycles. The van der Waals surface area contributed by atoms with E-state index in [9.17, 15) is 14.7 Å². The molecule has 9 heteroatoms. The average molecular weight is 449 g/mol. The zero-order valence-electron chi connectivity index (χ0n) is 19.4. The molecule has 0 unspecified atom stereocenters.